The summed E-state index contributed by atoms with van der Waals surface area (Å²) in [5, 5.41) is 12.4. The normalized spacial score (nSPS) is 21.7. The second-order valence-electron chi connectivity index (χ2n) is 8.54. The zero-order valence-corrected chi connectivity index (χ0v) is 17.9. The minimum Gasteiger partial charge on any atom is -0.310 e. The van der Waals surface area contributed by atoms with Gasteiger partial charge in [-0.3, -0.25) is 0 Å². The monoisotopic (exact) mass is 424 g/mol. The lowest BCUT2D eigenvalue weighted by Gasteiger charge is -2.15. The van der Waals surface area contributed by atoms with Crippen molar-refractivity contribution in [2.24, 2.45) is 9.50 Å². The lowest BCUT2D eigenvalue weighted by molar-refractivity contribution is 0.260. The van der Waals surface area contributed by atoms with Crippen LogP contribution in [0.3, 0.4) is 0 Å². The summed E-state index contributed by atoms with van der Waals surface area (Å²) in [6.07, 6.45) is 8.50. The number of nitrogens with two attached hydrogens (primary N) is 1. The summed E-state index contributed by atoms with van der Waals surface area (Å²) >= 11 is 0. The van der Waals surface area contributed by atoms with Crippen molar-refractivity contribution in [2.45, 2.75) is 62.3 Å². The van der Waals surface area contributed by atoms with Gasteiger partial charge in [-0.2, -0.15) is 0 Å². The maximum atomic E-state index is 13.0. The molecular weight excluding hydrogens is 396 g/mol. The zero-order chi connectivity index (χ0) is 20.7. The molecule has 158 valence electrons. The molecule has 2 aromatic carbocycles. The van der Waals surface area contributed by atoms with Crippen molar-refractivity contribution in [3.8, 4) is 0 Å². The van der Waals surface area contributed by atoms with E-state index in [0.29, 0.717) is 10.9 Å². The van der Waals surface area contributed by atoms with Crippen molar-refractivity contribution in [2.75, 3.05) is 11.9 Å². The quantitative estimate of drug-likeness (QED) is 0.694. The number of benzene rings is 2. The first-order valence-electron chi connectivity index (χ1n) is 10.9. The molecule has 1 heterocycles. The van der Waals surface area contributed by atoms with Gasteiger partial charge in [-0.1, -0.05) is 18.2 Å². The fourth-order valence-electron chi connectivity index (χ4n) is 5.14. The van der Waals surface area contributed by atoms with E-state index in [9.17, 15) is 9.00 Å². The summed E-state index contributed by atoms with van der Waals surface area (Å²) in [7, 11) is -3.31. The van der Waals surface area contributed by atoms with Gasteiger partial charge in [0.2, 0.25) is 0 Å². The number of hydrogen-bond acceptors (Lipinski definition) is 3. The molecule has 2 aliphatic carbocycles. The van der Waals surface area contributed by atoms with Gasteiger partial charge in [0.25, 0.3) is 0 Å². The molecule has 0 saturated carbocycles. The molecule has 4 N–H and O–H groups in total. The van der Waals surface area contributed by atoms with Crippen LogP contribution in [-0.2, 0) is 35.6 Å². The third-order valence-electron chi connectivity index (χ3n) is 6.60. The second kappa shape index (κ2) is 7.80. The van der Waals surface area contributed by atoms with E-state index >= 15 is 0 Å². The molecule has 7 heteroatoms. The molecule has 1 aliphatic heterocycles. The van der Waals surface area contributed by atoms with Crippen LogP contribution in [0.15, 0.2) is 39.6 Å². The molecule has 6 nitrogen and oxygen atoms in total. The van der Waals surface area contributed by atoms with Crippen LogP contribution in [0, 0.1) is 0 Å². The van der Waals surface area contributed by atoms with Gasteiger partial charge < -0.3 is 10.6 Å². The van der Waals surface area contributed by atoms with Crippen molar-refractivity contribution in [3.05, 3.63) is 58.1 Å². The molecule has 3 aliphatic rings. The predicted molar refractivity (Wildman–Crippen MR) is 119 cm³/mol. The molecule has 2 aromatic rings. The Balaban J connectivity index is 1.40. The van der Waals surface area contributed by atoms with Gasteiger partial charge in [-0.25, -0.2) is 14.1 Å². The number of carbonyl (C=O) groups excluding carboxylic acids is 1. The van der Waals surface area contributed by atoms with Gasteiger partial charge in [-0.15, -0.1) is 4.36 Å². The maximum Gasteiger partial charge on any atom is 0.354 e. The van der Waals surface area contributed by atoms with E-state index in [0.717, 1.165) is 69.2 Å². The van der Waals surface area contributed by atoms with E-state index in [1.807, 2.05) is 12.1 Å². The Hall–Kier alpha value is -2.22. The number of carbonyl (C=O) groups is 1. The van der Waals surface area contributed by atoms with E-state index < -0.39 is 15.9 Å². The number of nitrogens with zero attached hydrogens (tertiary/aromatic N) is 1. The standard InChI is InChI=1S/C23H28N4O2S/c24-30(29,18-11-9-15(10-12-18)21-8-3-13-25-21)27-23(28)26-22-19-6-1-4-16(19)14-17-5-2-7-20(17)22/h9-12,14,21,25H,1-8,13H2,(H3,24,26,27,28,29)/t21-,30-/m0/s1. The largest absolute Gasteiger partial charge is 0.354 e. The Labute approximate surface area is 178 Å². The van der Waals surface area contributed by atoms with Crippen LogP contribution in [0.1, 0.15) is 59.5 Å². The third kappa shape index (κ3) is 3.66. The maximum absolute atomic E-state index is 13.0. The number of anilines is 1. The number of nitrogens with one attached hydrogen (secondary N) is 2. The first kappa shape index (κ1) is 19.7. The number of aryl methyl sites for hydroxylation is 2. The number of hydrogen-bond donors (Lipinski definition) is 3. The molecular formula is C23H28N4O2S. The minimum atomic E-state index is -3.31. The van der Waals surface area contributed by atoms with Crippen LogP contribution in [0.4, 0.5) is 10.5 Å². The van der Waals surface area contributed by atoms with E-state index in [-0.39, 0.29) is 0 Å². The Kier molecular flexibility index (Phi) is 5.13. The number of fused-ring (bicyclic) bond motifs is 2. The van der Waals surface area contributed by atoms with Gasteiger partial charge >= 0.3 is 6.03 Å². The molecule has 1 fully saturated rings. The second-order valence-corrected chi connectivity index (χ2v) is 10.3. The highest BCUT2D eigenvalue weighted by molar-refractivity contribution is 7.91. The van der Waals surface area contributed by atoms with Crippen molar-refractivity contribution < 1.29 is 9.00 Å². The van der Waals surface area contributed by atoms with E-state index in [1.165, 1.54) is 22.3 Å². The van der Waals surface area contributed by atoms with Crippen LogP contribution < -0.4 is 15.8 Å². The Morgan fingerprint density at radius 1 is 1.03 bits per heavy atom. The van der Waals surface area contributed by atoms with E-state index in [1.54, 1.807) is 12.1 Å². The fraction of sp³-hybridized carbons (Fsp3) is 0.435. The molecule has 1 saturated heterocycles. The Morgan fingerprint density at radius 2 is 1.70 bits per heavy atom. The van der Waals surface area contributed by atoms with Crippen molar-refractivity contribution >= 4 is 21.6 Å². The molecule has 2 atom stereocenters. The molecule has 2 amide bonds. The molecule has 0 unspecified atom stereocenters. The van der Waals surface area contributed by atoms with Gasteiger partial charge in [0.1, 0.15) is 9.92 Å². The van der Waals surface area contributed by atoms with Gasteiger partial charge in [0, 0.05) is 11.7 Å². The summed E-state index contributed by atoms with van der Waals surface area (Å²) in [4.78, 5) is 13.1. The zero-order valence-electron chi connectivity index (χ0n) is 17.1. The van der Waals surface area contributed by atoms with E-state index in [4.69, 9.17) is 5.14 Å². The predicted octanol–water partition coefficient (Wildman–Crippen LogP) is 4.02. The smallest absolute Gasteiger partial charge is 0.310 e. The highest BCUT2D eigenvalue weighted by Crippen LogP contribution is 2.38. The first-order chi connectivity index (χ1) is 14.5. The van der Waals surface area contributed by atoms with Crippen molar-refractivity contribution in [1.82, 2.24) is 5.32 Å². The Morgan fingerprint density at radius 3 is 2.30 bits per heavy atom. The summed E-state index contributed by atoms with van der Waals surface area (Å²) in [5.41, 5.74) is 7.13. The van der Waals surface area contributed by atoms with Crippen LogP contribution in [0.5, 0.6) is 0 Å². The van der Waals surface area contributed by atoms with Gasteiger partial charge in [0.15, 0.2) is 0 Å². The number of rotatable bonds is 3. The van der Waals surface area contributed by atoms with E-state index in [2.05, 4.69) is 21.1 Å². The average molecular weight is 425 g/mol. The van der Waals surface area contributed by atoms with Crippen molar-refractivity contribution in [3.63, 3.8) is 0 Å². The summed E-state index contributed by atoms with van der Waals surface area (Å²) in [6.45, 7) is 1.02. The van der Waals surface area contributed by atoms with Crippen LogP contribution in [-0.4, -0.2) is 16.8 Å². The minimum absolute atomic E-state index is 0.329. The lowest BCUT2D eigenvalue weighted by atomic mass is 9.99. The molecule has 30 heavy (non-hydrogen) atoms. The van der Waals surface area contributed by atoms with Gasteiger partial charge in [0.05, 0.1) is 4.90 Å². The van der Waals surface area contributed by atoms with Crippen LogP contribution in [0.2, 0.25) is 0 Å². The third-order valence-corrected chi connectivity index (χ3v) is 7.99. The number of amides is 2. The average Bonchev–Trinajstić information content (AvgIpc) is 3.48. The first-order valence-corrected chi connectivity index (χ1v) is 12.4. The Bertz CT molecular complexity index is 1080. The highest BCUT2D eigenvalue weighted by atomic mass is 32.2. The lowest BCUT2D eigenvalue weighted by Crippen LogP contribution is -2.19. The summed E-state index contributed by atoms with van der Waals surface area (Å²) < 4.78 is 16.9. The molecule has 0 aromatic heterocycles. The summed E-state index contributed by atoms with van der Waals surface area (Å²) in [5.74, 6) is 0. The van der Waals surface area contributed by atoms with Crippen molar-refractivity contribution in [1.29, 1.82) is 0 Å². The number of urea groups is 1. The SMILES string of the molecule is N[S@](=O)(=NC(=O)Nc1c2c(cc3c1CCC3)CCC2)c1ccc([C@@H]2CCCN2)cc1. The van der Waals surface area contributed by atoms with Crippen LogP contribution in [0.25, 0.3) is 0 Å². The topological polar surface area (TPSA) is 96.6 Å². The highest BCUT2D eigenvalue weighted by Gasteiger charge is 2.25. The molecule has 0 radical (unpaired) electrons. The molecule has 5 rings (SSSR count). The fourth-order valence-corrected chi connectivity index (χ4v) is 6.06. The molecule has 0 spiro atoms. The van der Waals surface area contributed by atoms with Crippen LogP contribution >= 0.6 is 0 Å². The summed E-state index contributed by atoms with van der Waals surface area (Å²) in [6, 6.07) is 9.32. The molecule has 0 bridgehead atoms. The van der Waals surface area contributed by atoms with Gasteiger partial charge in [-0.05, 0) is 97.9 Å².